The molecule has 1 amide bonds. The van der Waals surface area contributed by atoms with Gasteiger partial charge in [-0.1, -0.05) is 47.7 Å². The van der Waals surface area contributed by atoms with Crippen LogP contribution in [-0.4, -0.2) is 33.0 Å². The Labute approximate surface area is 178 Å². The normalized spacial score (nSPS) is 10.8. The van der Waals surface area contributed by atoms with Gasteiger partial charge >= 0.3 is 0 Å². The van der Waals surface area contributed by atoms with Crippen LogP contribution < -0.4 is 5.32 Å². The van der Waals surface area contributed by atoms with Crippen LogP contribution in [0.25, 0.3) is 11.4 Å². The summed E-state index contributed by atoms with van der Waals surface area (Å²) in [5.74, 6) is -0.652. The monoisotopic (exact) mass is 428 g/mol. The molecule has 1 heterocycles. The largest absolute Gasteiger partial charge is 0.355 e. The van der Waals surface area contributed by atoms with Gasteiger partial charge in [-0.2, -0.15) is 0 Å². The van der Waals surface area contributed by atoms with Crippen molar-refractivity contribution in [3.63, 3.8) is 0 Å². The number of carbonyl (C=O) groups excluding carboxylic acids is 1. The quantitative estimate of drug-likeness (QED) is 0.411. The second-order valence-corrected chi connectivity index (χ2v) is 7.61. The van der Waals surface area contributed by atoms with E-state index >= 15 is 0 Å². The Morgan fingerprint density at radius 3 is 2.63 bits per heavy atom. The summed E-state index contributed by atoms with van der Waals surface area (Å²) >= 11 is 1.25. The summed E-state index contributed by atoms with van der Waals surface area (Å²) in [4.78, 5) is 12.2. The van der Waals surface area contributed by atoms with E-state index in [4.69, 9.17) is 0 Å². The predicted octanol–water partition coefficient (Wildman–Crippen LogP) is 4.17. The number of aryl methyl sites for hydroxylation is 1. The van der Waals surface area contributed by atoms with Crippen LogP contribution in [0.2, 0.25) is 0 Å². The highest BCUT2D eigenvalue weighted by molar-refractivity contribution is 7.99. The van der Waals surface area contributed by atoms with Crippen LogP contribution in [0.5, 0.6) is 0 Å². The molecule has 1 N–H and O–H groups in total. The Bertz CT molecular complexity index is 1030. The van der Waals surface area contributed by atoms with Crippen molar-refractivity contribution in [1.29, 1.82) is 0 Å². The average Bonchev–Trinajstić information content (AvgIpc) is 3.11. The second-order valence-electron chi connectivity index (χ2n) is 6.66. The van der Waals surface area contributed by atoms with E-state index in [0.29, 0.717) is 17.5 Å². The minimum absolute atomic E-state index is 0.0287. The molecule has 0 atom stereocenters. The number of nitrogens with zero attached hydrogens (tertiary/aromatic N) is 3. The van der Waals surface area contributed by atoms with Crippen LogP contribution in [0.4, 0.5) is 8.78 Å². The van der Waals surface area contributed by atoms with E-state index in [1.54, 1.807) is 6.08 Å². The summed E-state index contributed by atoms with van der Waals surface area (Å²) in [6.45, 7) is 6.44. The van der Waals surface area contributed by atoms with Gasteiger partial charge in [0.1, 0.15) is 11.6 Å². The Kier molecular flexibility index (Phi) is 7.35. The van der Waals surface area contributed by atoms with Gasteiger partial charge in [-0.3, -0.25) is 9.36 Å². The predicted molar refractivity (Wildman–Crippen MR) is 114 cm³/mol. The molecule has 3 aromatic rings. The molecule has 3 rings (SSSR count). The molecule has 0 saturated carbocycles. The molecule has 0 radical (unpaired) electrons. The van der Waals surface area contributed by atoms with E-state index < -0.39 is 11.6 Å². The molecule has 0 spiro atoms. The van der Waals surface area contributed by atoms with E-state index in [1.165, 1.54) is 30.0 Å². The number of halogens is 2. The molecule has 0 bridgehead atoms. The van der Waals surface area contributed by atoms with Crippen LogP contribution in [0.15, 0.2) is 60.3 Å². The van der Waals surface area contributed by atoms with Gasteiger partial charge in [-0.25, -0.2) is 8.78 Å². The lowest BCUT2D eigenvalue weighted by Gasteiger charge is -2.09. The van der Waals surface area contributed by atoms with Crippen molar-refractivity contribution in [1.82, 2.24) is 20.1 Å². The maximum Gasteiger partial charge on any atom is 0.230 e. The number of benzene rings is 2. The third-order valence-electron chi connectivity index (χ3n) is 4.40. The zero-order chi connectivity index (χ0) is 21.5. The molecule has 0 aliphatic heterocycles. The summed E-state index contributed by atoms with van der Waals surface area (Å²) in [7, 11) is 0. The topological polar surface area (TPSA) is 59.8 Å². The first kappa shape index (κ1) is 21.7. The van der Waals surface area contributed by atoms with Crippen molar-refractivity contribution in [2.75, 3.05) is 12.3 Å². The van der Waals surface area contributed by atoms with E-state index in [0.717, 1.165) is 11.1 Å². The number of hydrogen-bond acceptors (Lipinski definition) is 4. The van der Waals surface area contributed by atoms with Gasteiger partial charge in [0.15, 0.2) is 11.0 Å². The lowest BCUT2D eigenvalue weighted by Crippen LogP contribution is -2.27. The lowest BCUT2D eigenvalue weighted by atomic mass is 10.1. The molecule has 8 heteroatoms. The van der Waals surface area contributed by atoms with Gasteiger partial charge in [-0.05, 0) is 31.5 Å². The van der Waals surface area contributed by atoms with Crippen LogP contribution in [-0.2, 0) is 17.8 Å². The van der Waals surface area contributed by atoms with Crippen LogP contribution >= 0.6 is 11.8 Å². The van der Waals surface area contributed by atoms with Crippen LogP contribution in [0, 0.1) is 18.6 Å². The van der Waals surface area contributed by atoms with Gasteiger partial charge in [-0.15, -0.1) is 16.8 Å². The number of thioether (sulfide) groups is 1. The van der Waals surface area contributed by atoms with E-state index in [-0.39, 0.29) is 30.2 Å². The molecule has 0 aliphatic rings. The fraction of sp³-hybridized carbons (Fsp3) is 0.227. The molecule has 0 aliphatic carbocycles. The lowest BCUT2D eigenvalue weighted by molar-refractivity contribution is -0.118. The number of rotatable bonds is 9. The summed E-state index contributed by atoms with van der Waals surface area (Å²) in [5, 5.41) is 11.8. The first-order valence-electron chi connectivity index (χ1n) is 9.43. The van der Waals surface area contributed by atoms with Crippen molar-refractivity contribution >= 4 is 17.7 Å². The Hall–Kier alpha value is -3.00. The highest BCUT2D eigenvalue weighted by Crippen LogP contribution is 2.24. The maximum absolute atomic E-state index is 13.6. The SMILES string of the molecule is C=CCn1c(SCC(=O)NCCc2c(F)cccc2F)nnc1-c1cccc(C)c1. The van der Waals surface area contributed by atoms with Gasteiger partial charge in [0.25, 0.3) is 0 Å². The molecule has 2 aromatic carbocycles. The fourth-order valence-electron chi connectivity index (χ4n) is 2.97. The molecule has 5 nitrogen and oxygen atoms in total. The standard InChI is InChI=1S/C22H22F2N4OS/c1-3-12-28-21(16-7-4-6-15(2)13-16)26-27-22(28)30-14-20(29)25-11-10-17-18(23)8-5-9-19(17)24/h3-9,13H,1,10-12,14H2,2H3,(H,25,29). The van der Waals surface area contributed by atoms with Crippen molar-refractivity contribution in [3.8, 4) is 11.4 Å². The zero-order valence-corrected chi connectivity index (χ0v) is 17.4. The minimum atomic E-state index is -0.611. The smallest absolute Gasteiger partial charge is 0.230 e. The van der Waals surface area contributed by atoms with Gasteiger partial charge in [0.05, 0.1) is 5.75 Å². The number of aromatic nitrogens is 3. The number of carbonyl (C=O) groups is 1. The van der Waals surface area contributed by atoms with Crippen molar-refractivity contribution in [2.45, 2.75) is 25.0 Å². The van der Waals surface area contributed by atoms with Gasteiger partial charge in [0.2, 0.25) is 5.91 Å². The Morgan fingerprint density at radius 2 is 1.93 bits per heavy atom. The fourth-order valence-corrected chi connectivity index (χ4v) is 3.74. The molecular weight excluding hydrogens is 406 g/mol. The molecule has 1 aromatic heterocycles. The number of nitrogens with one attached hydrogen (secondary N) is 1. The second kappa shape index (κ2) is 10.2. The van der Waals surface area contributed by atoms with E-state index in [1.807, 2.05) is 35.8 Å². The molecule has 0 saturated heterocycles. The highest BCUT2D eigenvalue weighted by atomic mass is 32.2. The molecule has 0 unspecified atom stereocenters. The van der Waals surface area contributed by atoms with Crippen molar-refractivity contribution < 1.29 is 13.6 Å². The molecule has 30 heavy (non-hydrogen) atoms. The first-order chi connectivity index (χ1) is 14.5. The van der Waals surface area contributed by atoms with Crippen LogP contribution in [0.3, 0.4) is 0 Å². The number of hydrogen-bond donors (Lipinski definition) is 1. The molecule has 0 fully saturated rings. The highest BCUT2D eigenvalue weighted by Gasteiger charge is 2.15. The van der Waals surface area contributed by atoms with E-state index in [2.05, 4.69) is 22.1 Å². The van der Waals surface area contributed by atoms with Crippen molar-refractivity contribution in [3.05, 3.63) is 77.9 Å². The maximum atomic E-state index is 13.6. The average molecular weight is 429 g/mol. The van der Waals surface area contributed by atoms with Gasteiger partial charge < -0.3 is 5.32 Å². The molecule has 156 valence electrons. The third-order valence-corrected chi connectivity index (χ3v) is 5.36. The van der Waals surface area contributed by atoms with Crippen LogP contribution in [0.1, 0.15) is 11.1 Å². The third kappa shape index (κ3) is 5.33. The molecular formula is C22H22F2N4OS. The van der Waals surface area contributed by atoms with Crippen molar-refractivity contribution in [2.24, 2.45) is 0 Å². The summed E-state index contributed by atoms with van der Waals surface area (Å²) in [6, 6.07) is 11.7. The Balaban J connectivity index is 1.60. The number of allylic oxidation sites excluding steroid dienone is 1. The first-order valence-corrected chi connectivity index (χ1v) is 10.4. The summed E-state index contributed by atoms with van der Waals surface area (Å²) in [6.07, 6.45) is 1.83. The Morgan fingerprint density at radius 1 is 1.20 bits per heavy atom. The minimum Gasteiger partial charge on any atom is -0.355 e. The zero-order valence-electron chi connectivity index (χ0n) is 16.6. The summed E-state index contributed by atoms with van der Waals surface area (Å²) in [5.41, 5.74) is 2.02. The van der Waals surface area contributed by atoms with E-state index in [9.17, 15) is 13.6 Å². The summed E-state index contributed by atoms with van der Waals surface area (Å²) < 4.78 is 29.2. The number of amides is 1. The van der Waals surface area contributed by atoms with Gasteiger partial charge in [0, 0.05) is 24.2 Å².